The number of rotatable bonds is 7. The fourth-order valence-corrected chi connectivity index (χ4v) is 3.08. The van der Waals surface area contributed by atoms with E-state index < -0.39 is 23.1 Å². The molecule has 4 heteroatoms. The summed E-state index contributed by atoms with van der Waals surface area (Å²) in [6.45, 7) is 12.5. The van der Waals surface area contributed by atoms with E-state index in [1.807, 2.05) is 33.8 Å². The lowest BCUT2D eigenvalue weighted by Crippen LogP contribution is -2.45. The number of hydrogen-bond donors (Lipinski definition) is 1. The topological polar surface area (TPSA) is 71.4 Å². The zero-order valence-electron chi connectivity index (χ0n) is 16.4. The zero-order valence-corrected chi connectivity index (χ0v) is 16.4. The van der Waals surface area contributed by atoms with Gasteiger partial charge in [0.1, 0.15) is 0 Å². The highest BCUT2D eigenvalue weighted by molar-refractivity contribution is 6.26. The second kappa shape index (κ2) is 8.05. The second-order valence-corrected chi connectivity index (χ2v) is 7.63. The van der Waals surface area contributed by atoms with Crippen molar-refractivity contribution < 1.29 is 19.5 Å². The van der Waals surface area contributed by atoms with Gasteiger partial charge in [-0.1, -0.05) is 37.1 Å². The van der Waals surface area contributed by atoms with Crippen LogP contribution in [-0.4, -0.2) is 28.1 Å². The molecule has 4 nitrogen and oxygen atoms in total. The van der Waals surface area contributed by atoms with Crippen molar-refractivity contribution >= 4 is 17.3 Å². The first kappa shape index (κ1) is 21.2. The standard InChI is InChI=1S/C21H30O4/c1-12(2)8-10-16-20(24)18(19(23)14(5)6)15(7)21(16,25)17(22)11-9-13(3)4/h8-9,14,16,25H,10-11H2,1-7H3/t16-,21+/m0/s1. The van der Waals surface area contributed by atoms with E-state index in [2.05, 4.69) is 0 Å². The average molecular weight is 346 g/mol. The summed E-state index contributed by atoms with van der Waals surface area (Å²) in [4.78, 5) is 38.2. The highest BCUT2D eigenvalue weighted by Crippen LogP contribution is 2.42. The Bertz CT molecular complexity index is 668. The molecule has 0 aromatic carbocycles. The molecule has 0 radical (unpaired) electrons. The smallest absolute Gasteiger partial charge is 0.173 e. The Morgan fingerprint density at radius 2 is 1.64 bits per heavy atom. The predicted octanol–water partition coefficient (Wildman–Crippen LogP) is 3.74. The first-order chi connectivity index (χ1) is 11.4. The quantitative estimate of drug-likeness (QED) is 0.563. The van der Waals surface area contributed by atoms with Crippen molar-refractivity contribution in [1.82, 2.24) is 0 Å². The molecule has 0 saturated carbocycles. The molecule has 1 aliphatic carbocycles. The lowest BCUT2D eigenvalue weighted by Gasteiger charge is -2.29. The lowest BCUT2D eigenvalue weighted by atomic mass is 9.79. The van der Waals surface area contributed by atoms with Crippen LogP contribution in [0.15, 0.2) is 34.4 Å². The lowest BCUT2D eigenvalue weighted by molar-refractivity contribution is -0.141. The molecule has 0 heterocycles. The van der Waals surface area contributed by atoms with Crippen molar-refractivity contribution in [1.29, 1.82) is 0 Å². The molecule has 0 aromatic heterocycles. The minimum Gasteiger partial charge on any atom is -0.377 e. The van der Waals surface area contributed by atoms with Crippen molar-refractivity contribution in [3.8, 4) is 0 Å². The van der Waals surface area contributed by atoms with Gasteiger partial charge in [0.15, 0.2) is 23.0 Å². The van der Waals surface area contributed by atoms with Gasteiger partial charge >= 0.3 is 0 Å². The second-order valence-electron chi connectivity index (χ2n) is 7.63. The van der Waals surface area contributed by atoms with Crippen LogP contribution in [0.2, 0.25) is 0 Å². The van der Waals surface area contributed by atoms with E-state index >= 15 is 0 Å². The molecular formula is C21H30O4. The van der Waals surface area contributed by atoms with Crippen molar-refractivity contribution in [3.63, 3.8) is 0 Å². The van der Waals surface area contributed by atoms with Gasteiger partial charge in [-0.15, -0.1) is 0 Å². The molecular weight excluding hydrogens is 316 g/mol. The van der Waals surface area contributed by atoms with Crippen LogP contribution < -0.4 is 0 Å². The van der Waals surface area contributed by atoms with Crippen LogP contribution in [0.25, 0.3) is 0 Å². The van der Waals surface area contributed by atoms with Gasteiger partial charge < -0.3 is 5.11 Å². The number of aliphatic hydroxyl groups is 1. The van der Waals surface area contributed by atoms with Gasteiger partial charge in [-0.25, -0.2) is 0 Å². The Labute approximate surface area is 150 Å². The summed E-state index contributed by atoms with van der Waals surface area (Å²) in [6.07, 6.45) is 3.85. The Morgan fingerprint density at radius 3 is 2.08 bits per heavy atom. The van der Waals surface area contributed by atoms with E-state index in [0.29, 0.717) is 0 Å². The van der Waals surface area contributed by atoms with E-state index in [9.17, 15) is 19.5 Å². The molecule has 1 rings (SSSR count). The third kappa shape index (κ3) is 4.24. The van der Waals surface area contributed by atoms with Gasteiger partial charge in [0.05, 0.1) is 11.5 Å². The Morgan fingerprint density at radius 1 is 1.12 bits per heavy atom. The van der Waals surface area contributed by atoms with Crippen molar-refractivity contribution in [3.05, 3.63) is 34.4 Å². The van der Waals surface area contributed by atoms with E-state index in [1.54, 1.807) is 19.9 Å². The fourth-order valence-electron chi connectivity index (χ4n) is 3.08. The molecule has 0 fully saturated rings. The van der Waals surface area contributed by atoms with Gasteiger partial charge in [0, 0.05) is 12.3 Å². The van der Waals surface area contributed by atoms with Gasteiger partial charge in [0.25, 0.3) is 0 Å². The molecule has 0 aromatic rings. The van der Waals surface area contributed by atoms with Gasteiger partial charge in [-0.3, -0.25) is 14.4 Å². The van der Waals surface area contributed by atoms with E-state index in [0.717, 1.165) is 11.1 Å². The fraction of sp³-hybridized carbons (Fsp3) is 0.571. The Hall–Kier alpha value is -1.81. The molecule has 0 saturated heterocycles. The van der Waals surface area contributed by atoms with Crippen molar-refractivity contribution in [2.24, 2.45) is 11.8 Å². The van der Waals surface area contributed by atoms with Crippen LogP contribution in [0.3, 0.4) is 0 Å². The summed E-state index contributed by atoms with van der Waals surface area (Å²) in [6, 6.07) is 0. The molecule has 2 atom stereocenters. The van der Waals surface area contributed by atoms with Crippen molar-refractivity contribution in [2.75, 3.05) is 0 Å². The molecule has 0 unspecified atom stereocenters. The summed E-state index contributed by atoms with van der Waals surface area (Å²) in [7, 11) is 0. The van der Waals surface area contributed by atoms with Crippen LogP contribution in [0, 0.1) is 11.8 Å². The van der Waals surface area contributed by atoms with Crippen LogP contribution in [0.5, 0.6) is 0 Å². The summed E-state index contributed by atoms with van der Waals surface area (Å²) in [5.41, 5.74) is 0.260. The van der Waals surface area contributed by atoms with Crippen LogP contribution in [0.4, 0.5) is 0 Å². The molecule has 1 N–H and O–H groups in total. The van der Waals surface area contributed by atoms with E-state index in [4.69, 9.17) is 0 Å². The minimum atomic E-state index is -1.91. The molecule has 0 amide bonds. The Balaban J connectivity index is 3.45. The van der Waals surface area contributed by atoms with Crippen molar-refractivity contribution in [2.45, 2.75) is 66.9 Å². The maximum atomic E-state index is 12.9. The largest absolute Gasteiger partial charge is 0.377 e. The number of ketones is 3. The number of carbonyl (C=O) groups is 3. The van der Waals surface area contributed by atoms with Crippen LogP contribution in [-0.2, 0) is 14.4 Å². The predicted molar refractivity (Wildman–Crippen MR) is 99.1 cm³/mol. The number of carbonyl (C=O) groups excluding carboxylic acids is 3. The molecule has 25 heavy (non-hydrogen) atoms. The Kier molecular flexibility index (Phi) is 6.83. The van der Waals surface area contributed by atoms with E-state index in [1.165, 1.54) is 6.92 Å². The first-order valence-corrected chi connectivity index (χ1v) is 8.76. The highest BCUT2D eigenvalue weighted by Gasteiger charge is 2.55. The number of Topliss-reactive ketones (excluding diaryl/α,β-unsaturated/α-hetero) is 3. The summed E-state index contributed by atoms with van der Waals surface area (Å²) >= 11 is 0. The summed E-state index contributed by atoms with van der Waals surface area (Å²) in [5.74, 6) is -2.46. The number of allylic oxidation sites excluding steroid dienone is 5. The maximum absolute atomic E-state index is 12.9. The van der Waals surface area contributed by atoms with E-state index in [-0.39, 0.29) is 35.7 Å². The molecule has 138 valence electrons. The monoisotopic (exact) mass is 346 g/mol. The molecule has 0 aliphatic heterocycles. The third-order valence-corrected chi connectivity index (χ3v) is 4.67. The normalized spacial score (nSPS) is 23.1. The SMILES string of the molecule is CC(C)=CCC(=O)[C@@]1(O)C(C)=C(C(=O)C(C)C)C(=O)[C@@H]1CC=C(C)C. The molecule has 0 spiro atoms. The molecule has 0 bridgehead atoms. The third-order valence-electron chi connectivity index (χ3n) is 4.67. The maximum Gasteiger partial charge on any atom is 0.173 e. The zero-order chi connectivity index (χ0) is 19.5. The van der Waals surface area contributed by atoms with Gasteiger partial charge in [-0.05, 0) is 46.6 Å². The molecule has 1 aliphatic rings. The van der Waals surface area contributed by atoms with Gasteiger partial charge in [0.2, 0.25) is 0 Å². The average Bonchev–Trinajstić information content (AvgIpc) is 2.69. The minimum absolute atomic E-state index is 0.00945. The highest BCUT2D eigenvalue weighted by atomic mass is 16.3. The first-order valence-electron chi connectivity index (χ1n) is 8.76. The summed E-state index contributed by atoms with van der Waals surface area (Å²) in [5, 5.41) is 11.2. The van der Waals surface area contributed by atoms with Gasteiger partial charge in [-0.2, -0.15) is 0 Å². The van der Waals surface area contributed by atoms with Crippen LogP contribution in [0.1, 0.15) is 61.3 Å². The van der Waals surface area contributed by atoms with Crippen LogP contribution >= 0.6 is 0 Å². The number of hydrogen-bond acceptors (Lipinski definition) is 4. The summed E-state index contributed by atoms with van der Waals surface area (Å²) < 4.78 is 0.